The SMILES string of the molecule is CCC1(Cn2c(CCl)nc3ccc(OC)nc32)CCC1. The van der Waals surface area contributed by atoms with Crippen LogP contribution in [0.2, 0.25) is 0 Å². The summed E-state index contributed by atoms with van der Waals surface area (Å²) in [6.45, 7) is 3.23. The standard InChI is InChI=1S/C15H20ClN3O/c1-3-15(7-4-8-15)10-19-12(9-16)17-11-5-6-13(20-2)18-14(11)19/h5-6H,3-4,7-10H2,1-2H3. The largest absolute Gasteiger partial charge is 0.481 e. The molecule has 1 fully saturated rings. The lowest BCUT2D eigenvalue weighted by Gasteiger charge is -2.41. The molecule has 2 aromatic heterocycles. The highest BCUT2D eigenvalue weighted by atomic mass is 35.5. The van der Waals surface area contributed by atoms with Gasteiger partial charge in [-0.15, -0.1) is 11.6 Å². The molecule has 2 heterocycles. The van der Waals surface area contributed by atoms with E-state index >= 15 is 0 Å². The van der Waals surface area contributed by atoms with Crippen molar-refractivity contribution in [2.75, 3.05) is 7.11 Å². The average Bonchev–Trinajstić information content (AvgIpc) is 2.79. The number of methoxy groups -OCH3 is 1. The molecule has 0 N–H and O–H groups in total. The van der Waals surface area contributed by atoms with Crippen molar-refractivity contribution in [3.05, 3.63) is 18.0 Å². The normalized spacial score (nSPS) is 17.1. The van der Waals surface area contributed by atoms with Crippen molar-refractivity contribution in [1.82, 2.24) is 14.5 Å². The summed E-state index contributed by atoms with van der Waals surface area (Å²) in [6.07, 6.45) is 5.09. The zero-order valence-corrected chi connectivity index (χ0v) is 12.8. The lowest BCUT2D eigenvalue weighted by molar-refractivity contribution is 0.101. The summed E-state index contributed by atoms with van der Waals surface area (Å²) < 4.78 is 7.42. The molecule has 1 saturated carbocycles. The van der Waals surface area contributed by atoms with Gasteiger partial charge in [0.25, 0.3) is 0 Å². The van der Waals surface area contributed by atoms with Crippen LogP contribution in [0.3, 0.4) is 0 Å². The van der Waals surface area contributed by atoms with Gasteiger partial charge in [-0.3, -0.25) is 0 Å². The molecule has 20 heavy (non-hydrogen) atoms. The molecule has 3 rings (SSSR count). The third-order valence-corrected chi connectivity index (χ3v) is 4.87. The van der Waals surface area contributed by atoms with E-state index in [0.29, 0.717) is 17.2 Å². The molecule has 0 saturated heterocycles. The predicted molar refractivity (Wildman–Crippen MR) is 80.2 cm³/mol. The summed E-state index contributed by atoms with van der Waals surface area (Å²) in [5.41, 5.74) is 2.19. The van der Waals surface area contributed by atoms with Crippen LogP contribution in [0.15, 0.2) is 12.1 Å². The van der Waals surface area contributed by atoms with Gasteiger partial charge in [-0.05, 0) is 30.7 Å². The molecule has 0 radical (unpaired) electrons. The second-order valence-electron chi connectivity index (χ2n) is 5.65. The Labute approximate surface area is 124 Å². The van der Waals surface area contributed by atoms with Crippen molar-refractivity contribution in [1.29, 1.82) is 0 Å². The molecular formula is C15H20ClN3O. The zero-order valence-electron chi connectivity index (χ0n) is 12.0. The molecule has 5 heteroatoms. The number of fused-ring (bicyclic) bond motifs is 1. The van der Waals surface area contributed by atoms with Crippen LogP contribution < -0.4 is 4.74 Å². The minimum absolute atomic E-state index is 0.402. The zero-order chi connectivity index (χ0) is 14.2. The molecule has 0 unspecified atom stereocenters. The Hall–Kier alpha value is -1.29. The predicted octanol–water partition coefficient (Wildman–Crippen LogP) is 3.76. The Kier molecular flexibility index (Phi) is 3.59. The number of imidazole rings is 1. The fourth-order valence-corrected chi connectivity index (χ4v) is 3.25. The second kappa shape index (κ2) is 5.24. The number of alkyl halides is 1. The maximum Gasteiger partial charge on any atom is 0.215 e. The minimum atomic E-state index is 0.402. The summed E-state index contributed by atoms with van der Waals surface area (Å²) in [5, 5.41) is 0. The summed E-state index contributed by atoms with van der Waals surface area (Å²) in [4.78, 5) is 9.16. The lowest BCUT2D eigenvalue weighted by atomic mass is 9.67. The number of rotatable bonds is 5. The van der Waals surface area contributed by atoms with Crippen molar-refractivity contribution < 1.29 is 4.74 Å². The molecule has 0 aromatic carbocycles. The van der Waals surface area contributed by atoms with Gasteiger partial charge in [0, 0.05) is 12.6 Å². The van der Waals surface area contributed by atoms with Gasteiger partial charge in [-0.25, -0.2) is 4.98 Å². The number of aromatic nitrogens is 3. The highest BCUT2D eigenvalue weighted by Gasteiger charge is 2.36. The molecule has 0 bridgehead atoms. The second-order valence-corrected chi connectivity index (χ2v) is 5.92. The van der Waals surface area contributed by atoms with Gasteiger partial charge in [0.2, 0.25) is 5.88 Å². The quantitative estimate of drug-likeness (QED) is 0.788. The molecule has 1 aliphatic carbocycles. The Bertz CT molecular complexity index is 613. The fraction of sp³-hybridized carbons (Fsp3) is 0.600. The molecule has 0 spiro atoms. The number of ether oxygens (including phenoxy) is 1. The van der Waals surface area contributed by atoms with E-state index in [0.717, 1.165) is 23.5 Å². The summed E-state index contributed by atoms with van der Waals surface area (Å²) >= 11 is 6.07. The van der Waals surface area contributed by atoms with Gasteiger partial charge in [0.15, 0.2) is 5.65 Å². The fourth-order valence-electron chi connectivity index (χ4n) is 3.05. The number of halogens is 1. The van der Waals surface area contributed by atoms with E-state index in [1.165, 1.54) is 25.7 Å². The molecule has 0 amide bonds. The van der Waals surface area contributed by atoms with Gasteiger partial charge < -0.3 is 9.30 Å². The van der Waals surface area contributed by atoms with E-state index in [1.54, 1.807) is 7.11 Å². The Morgan fingerprint density at radius 1 is 1.35 bits per heavy atom. The van der Waals surface area contributed by atoms with Crippen LogP contribution >= 0.6 is 11.6 Å². The maximum atomic E-state index is 6.07. The van der Waals surface area contributed by atoms with Gasteiger partial charge >= 0.3 is 0 Å². The molecule has 4 nitrogen and oxygen atoms in total. The third kappa shape index (κ3) is 2.16. The van der Waals surface area contributed by atoms with Crippen LogP contribution in [0.4, 0.5) is 0 Å². The van der Waals surface area contributed by atoms with E-state index in [1.807, 2.05) is 12.1 Å². The van der Waals surface area contributed by atoms with E-state index in [4.69, 9.17) is 16.3 Å². The van der Waals surface area contributed by atoms with Gasteiger partial charge in [-0.1, -0.05) is 13.3 Å². The molecule has 1 aliphatic rings. The topological polar surface area (TPSA) is 39.9 Å². The first-order chi connectivity index (χ1) is 9.71. The highest BCUT2D eigenvalue weighted by Crippen LogP contribution is 2.45. The van der Waals surface area contributed by atoms with Gasteiger partial charge in [0.05, 0.1) is 13.0 Å². The highest BCUT2D eigenvalue weighted by molar-refractivity contribution is 6.16. The molecule has 0 atom stereocenters. The average molecular weight is 294 g/mol. The first kappa shape index (κ1) is 13.7. The summed E-state index contributed by atoms with van der Waals surface area (Å²) in [6, 6.07) is 3.80. The number of pyridine rings is 1. The van der Waals surface area contributed by atoms with Crippen molar-refractivity contribution in [2.24, 2.45) is 5.41 Å². The number of hydrogen-bond donors (Lipinski definition) is 0. The van der Waals surface area contributed by atoms with Crippen LogP contribution in [-0.4, -0.2) is 21.6 Å². The van der Waals surface area contributed by atoms with Crippen LogP contribution in [0, 0.1) is 5.41 Å². The van der Waals surface area contributed by atoms with Crippen LogP contribution in [0.1, 0.15) is 38.4 Å². The number of hydrogen-bond acceptors (Lipinski definition) is 3. The molecule has 0 aliphatic heterocycles. The van der Waals surface area contributed by atoms with Crippen molar-refractivity contribution in [3.63, 3.8) is 0 Å². The summed E-state index contributed by atoms with van der Waals surface area (Å²) in [5.74, 6) is 1.94. The van der Waals surface area contributed by atoms with Crippen molar-refractivity contribution in [2.45, 2.75) is 45.0 Å². The minimum Gasteiger partial charge on any atom is -0.481 e. The van der Waals surface area contributed by atoms with E-state index in [9.17, 15) is 0 Å². The Morgan fingerprint density at radius 3 is 2.70 bits per heavy atom. The van der Waals surface area contributed by atoms with E-state index < -0.39 is 0 Å². The Balaban J connectivity index is 2.06. The van der Waals surface area contributed by atoms with Gasteiger partial charge in [-0.2, -0.15) is 4.98 Å². The smallest absolute Gasteiger partial charge is 0.215 e. The van der Waals surface area contributed by atoms with Crippen LogP contribution in [0.5, 0.6) is 5.88 Å². The third-order valence-electron chi connectivity index (χ3n) is 4.63. The lowest BCUT2D eigenvalue weighted by Crippen LogP contribution is -2.34. The van der Waals surface area contributed by atoms with E-state index in [2.05, 4.69) is 21.5 Å². The first-order valence-electron chi connectivity index (χ1n) is 7.17. The first-order valence-corrected chi connectivity index (χ1v) is 7.71. The summed E-state index contributed by atoms with van der Waals surface area (Å²) in [7, 11) is 1.64. The van der Waals surface area contributed by atoms with Crippen LogP contribution in [-0.2, 0) is 12.4 Å². The van der Waals surface area contributed by atoms with Crippen molar-refractivity contribution >= 4 is 22.8 Å². The molecular weight excluding hydrogens is 274 g/mol. The molecule has 2 aromatic rings. The monoisotopic (exact) mass is 293 g/mol. The van der Waals surface area contributed by atoms with Crippen molar-refractivity contribution in [3.8, 4) is 5.88 Å². The maximum absolute atomic E-state index is 6.07. The van der Waals surface area contributed by atoms with E-state index in [-0.39, 0.29) is 0 Å². The molecule has 108 valence electrons. The van der Waals surface area contributed by atoms with Gasteiger partial charge in [0.1, 0.15) is 11.3 Å². The Morgan fingerprint density at radius 2 is 2.15 bits per heavy atom. The number of nitrogens with zero attached hydrogens (tertiary/aromatic N) is 3. The van der Waals surface area contributed by atoms with Crippen LogP contribution in [0.25, 0.3) is 11.2 Å².